The molecule has 3 nitrogen and oxygen atoms in total. The second-order valence-corrected chi connectivity index (χ2v) is 4.02. The van der Waals surface area contributed by atoms with Crippen molar-refractivity contribution in [2.24, 2.45) is 5.73 Å². The van der Waals surface area contributed by atoms with Gasteiger partial charge in [0.05, 0.1) is 0 Å². The number of benzene rings is 1. The smallest absolute Gasteiger partial charge is 0.228 e. The van der Waals surface area contributed by atoms with Gasteiger partial charge in [0.1, 0.15) is 0 Å². The Hall–Kier alpha value is -1.06. The fraction of sp³-hybridized carbons (Fsp3) is 0.417. The minimum atomic E-state index is 0.0323. The molecule has 0 aliphatic heterocycles. The largest absolute Gasteiger partial charge is 0.330 e. The summed E-state index contributed by atoms with van der Waals surface area (Å²) in [6.07, 6.45) is 0.360. The van der Waals surface area contributed by atoms with Crippen LogP contribution in [0.25, 0.3) is 0 Å². The first-order valence-corrected chi connectivity index (χ1v) is 5.74. The quantitative estimate of drug-likeness (QED) is 0.878. The van der Waals surface area contributed by atoms with Crippen LogP contribution in [-0.4, -0.2) is 19.0 Å². The number of aryl methyl sites for hydroxylation is 1. The molecule has 0 aromatic heterocycles. The Morgan fingerprint density at radius 3 is 2.69 bits per heavy atom. The lowest BCUT2D eigenvalue weighted by atomic mass is 10.2. The van der Waals surface area contributed by atoms with Gasteiger partial charge >= 0.3 is 0 Å². The third-order valence-corrected chi connectivity index (χ3v) is 2.85. The number of amides is 1. The second kappa shape index (κ2) is 5.87. The fourth-order valence-electron chi connectivity index (χ4n) is 1.51. The molecule has 88 valence electrons. The monoisotopic (exact) mass is 240 g/mol. The molecule has 0 heterocycles. The highest BCUT2D eigenvalue weighted by Crippen LogP contribution is 2.23. The average Bonchev–Trinajstić information content (AvgIpc) is 2.25. The molecule has 1 aromatic rings. The Kier molecular flexibility index (Phi) is 4.77. The number of hydrogen-bond donors (Lipinski definition) is 1. The molecular formula is C12H17ClN2O. The Bertz CT molecular complexity index is 379. The molecule has 0 aliphatic rings. The highest BCUT2D eigenvalue weighted by atomic mass is 35.5. The van der Waals surface area contributed by atoms with E-state index in [0.717, 1.165) is 11.3 Å². The van der Waals surface area contributed by atoms with Crippen LogP contribution in [0.3, 0.4) is 0 Å². The highest BCUT2D eigenvalue weighted by molar-refractivity contribution is 6.31. The van der Waals surface area contributed by atoms with Crippen LogP contribution in [0.1, 0.15) is 18.9 Å². The maximum atomic E-state index is 11.8. The van der Waals surface area contributed by atoms with Gasteiger partial charge in [0.15, 0.2) is 0 Å². The van der Waals surface area contributed by atoms with Crippen molar-refractivity contribution < 1.29 is 4.79 Å². The molecule has 1 amide bonds. The molecule has 0 radical (unpaired) electrons. The molecule has 0 spiro atoms. The third kappa shape index (κ3) is 2.97. The summed E-state index contributed by atoms with van der Waals surface area (Å²) in [5.41, 5.74) is 7.22. The second-order valence-electron chi connectivity index (χ2n) is 3.61. The zero-order valence-electron chi connectivity index (χ0n) is 9.66. The summed E-state index contributed by atoms with van der Waals surface area (Å²) in [5.74, 6) is 0.0323. The summed E-state index contributed by atoms with van der Waals surface area (Å²) in [4.78, 5) is 13.5. The van der Waals surface area contributed by atoms with Crippen molar-refractivity contribution in [3.63, 3.8) is 0 Å². The molecule has 0 atom stereocenters. The minimum absolute atomic E-state index is 0.0323. The summed E-state index contributed by atoms with van der Waals surface area (Å²) in [7, 11) is 0. The van der Waals surface area contributed by atoms with Crippen molar-refractivity contribution in [3.05, 3.63) is 28.8 Å². The van der Waals surface area contributed by atoms with E-state index in [1.165, 1.54) is 0 Å². The molecule has 2 N–H and O–H groups in total. The summed E-state index contributed by atoms with van der Waals surface area (Å²) in [5, 5.41) is 0.677. The van der Waals surface area contributed by atoms with Gasteiger partial charge in [-0.05, 0) is 31.5 Å². The molecular weight excluding hydrogens is 224 g/mol. The summed E-state index contributed by atoms with van der Waals surface area (Å²) < 4.78 is 0. The van der Waals surface area contributed by atoms with Crippen molar-refractivity contribution in [2.45, 2.75) is 20.3 Å². The first-order chi connectivity index (χ1) is 7.60. The van der Waals surface area contributed by atoms with Gasteiger partial charge in [-0.15, -0.1) is 0 Å². The van der Waals surface area contributed by atoms with Gasteiger partial charge in [0, 0.05) is 30.2 Å². The number of carbonyl (C=O) groups excluding carboxylic acids is 1. The van der Waals surface area contributed by atoms with E-state index in [9.17, 15) is 4.79 Å². The number of halogens is 1. The van der Waals surface area contributed by atoms with Crippen molar-refractivity contribution in [2.75, 3.05) is 18.0 Å². The number of rotatable bonds is 4. The molecule has 0 fully saturated rings. The van der Waals surface area contributed by atoms with Crippen molar-refractivity contribution in [1.29, 1.82) is 0 Å². The van der Waals surface area contributed by atoms with Gasteiger partial charge in [-0.25, -0.2) is 0 Å². The zero-order chi connectivity index (χ0) is 12.1. The number of nitrogens with zero attached hydrogens (tertiary/aromatic N) is 1. The summed E-state index contributed by atoms with van der Waals surface area (Å²) in [6, 6.07) is 5.63. The molecule has 1 aromatic carbocycles. The topological polar surface area (TPSA) is 46.3 Å². The molecule has 0 aliphatic carbocycles. The van der Waals surface area contributed by atoms with Gasteiger partial charge in [0.2, 0.25) is 5.91 Å². The van der Waals surface area contributed by atoms with Crippen molar-refractivity contribution in [3.8, 4) is 0 Å². The van der Waals surface area contributed by atoms with Gasteiger partial charge in [-0.1, -0.05) is 17.7 Å². The Balaban J connectivity index is 2.95. The molecule has 0 saturated heterocycles. The minimum Gasteiger partial charge on any atom is -0.330 e. The zero-order valence-corrected chi connectivity index (χ0v) is 10.4. The SMILES string of the molecule is CCN(C(=O)CCN)c1ccc(C)c(Cl)c1. The van der Waals surface area contributed by atoms with Crippen LogP contribution in [-0.2, 0) is 4.79 Å². The third-order valence-electron chi connectivity index (χ3n) is 2.44. The van der Waals surface area contributed by atoms with E-state index in [2.05, 4.69) is 0 Å². The van der Waals surface area contributed by atoms with E-state index >= 15 is 0 Å². The molecule has 0 unspecified atom stereocenters. The normalized spacial score (nSPS) is 10.2. The van der Waals surface area contributed by atoms with Crippen molar-refractivity contribution in [1.82, 2.24) is 0 Å². The number of nitrogens with two attached hydrogens (primary N) is 1. The van der Waals surface area contributed by atoms with E-state index in [1.54, 1.807) is 4.90 Å². The van der Waals surface area contributed by atoms with Crippen LogP contribution in [0.2, 0.25) is 5.02 Å². The number of carbonyl (C=O) groups is 1. The van der Waals surface area contributed by atoms with Crippen LogP contribution in [0.4, 0.5) is 5.69 Å². The molecule has 0 saturated carbocycles. The first-order valence-electron chi connectivity index (χ1n) is 5.36. The van der Waals surface area contributed by atoms with E-state index in [4.69, 9.17) is 17.3 Å². The lowest BCUT2D eigenvalue weighted by molar-refractivity contribution is -0.118. The number of anilines is 1. The van der Waals surface area contributed by atoms with Crippen LogP contribution >= 0.6 is 11.6 Å². The standard InChI is InChI=1S/C12H17ClN2O/c1-3-15(12(16)6-7-14)10-5-4-9(2)11(13)8-10/h4-5,8H,3,6-7,14H2,1-2H3. The van der Waals surface area contributed by atoms with E-state index < -0.39 is 0 Å². The van der Waals surface area contributed by atoms with Crippen LogP contribution < -0.4 is 10.6 Å². The molecule has 0 bridgehead atoms. The fourth-order valence-corrected chi connectivity index (χ4v) is 1.69. The predicted octanol–water partition coefficient (Wildman–Crippen LogP) is 2.35. The first kappa shape index (κ1) is 13.0. The van der Waals surface area contributed by atoms with Crippen LogP contribution in [0, 0.1) is 6.92 Å². The van der Waals surface area contributed by atoms with Crippen LogP contribution in [0.15, 0.2) is 18.2 Å². The van der Waals surface area contributed by atoms with Gasteiger partial charge in [-0.2, -0.15) is 0 Å². The van der Waals surface area contributed by atoms with E-state index in [0.29, 0.717) is 24.5 Å². The van der Waals surface area contributed by atoms with E-state index in [-0.39, 0.29) is 5.91 Å². The Morgan fingerprint density at radius 1 is 1.50 bits per heavy atom. The lowest BCUT2D eigenvalue weighted by Crippen LogP contribution is -2.32. The summed E-state index contributed by atoms with van der Waals surface area (Å²) in [6.45, 7) is 4.86. The maximum absolute atomic E-state index is 11.8. The predicted molar refractivity (Wildman–Crippen MR) is 67.9 cm³/mol. The van der Waals surface area contributed by atoms with Gasteiger partial charge in [0.25, 0.3) is 0 Å². The van der Waals surface area contributed by atoms with Crippen LogP contribution in [0.5, 0.6) is 0 Å². The van der Waals surface area contributed by atoms with Gasteiger partial charge < -0.3 is 10.6 Å². The highest BCUT2D eigenvalue weighted by Gasteiger charge is 2.13. The molecule has 4 heteroatoms. The Labute approximate surface area is 101 Å². The average molecular weight is 241 g/mol. The van der Waals surface area contributed by atoms with Gasteiger partial charge in [-0.3, -0.25) is 4.79 Å². The molecule has 1 rings (SSSR count). The Morgan fingerprint density at radius 2 is 2.19 bits per heavy atom. The lowest BCUT2D eigenvalue weighted by Gasteiger charge is -2.21. The molecule has 16 heavy (non-hydrogen) atoms. The maximum Gasteiger partial charge on any atom is 0.228 e. The summed E-state index contributed by atoms with van der Waals surface area (Å²) >= 11 is 6.03. The van der Waals surface area contributed by atoms with Crippen molar-refractivity contribution >= 4 is 23.2 Å². The number of hydrogen-bond acceptors (Lipinski definition) is 2. The van der Waals surface area contributed by atoms with E-state index in [1.807, 2.05) is 32.0 Å².